The molecule has 2 unspecified atom stereocenters. The van der Waals surface area contributed by atoms with Crippen LogP contribution in [0.15, 0.2) is 121 Å². The second-order valence-corrected chi connectivity index (χ2v) is 18.3. The molecule has 350 valence electrons. The molecule has 11 nitrogen and oxygen atoms in total. The molecule has 0 bridgehead atoms. The molecule has 0 amide bonds. The Balaban J connectivity index is 0.000000192. The third kappa shape index (κ3) is 10.9. The number of rotatable bonds is 13. The van der Waals surface area contributed by atoms with E-state index in [-0.39, 0.29) is 11.6 Å². The minimum absolute atomic E-state index is 0.0964. The van der Waals surface area contributed by atoms with Gasteiger partial charge in [-0.3, -0.25) is 14.7 Å². The number of hydrogen-bond donors (Lipinski definition) is 3. The average Bonchev–Trinajstić information content (AvgIpc) is 3.91. The van der Waals surface area contributed by atoms with Crippen LogP contribution in [0.5, 0.6) is 5.75 Å². The molecular weight excluding hydrogens is 861 g/mol. The summed E-state index contributed by atoms with van der Waals surface area (Å²) < 4.78 is 7.12. The summed E-state index contributed by atoms with van der Waals surface area (Å²) in [7, 11) is 1.65. The molecule has 4 aromatic heterocycles. The van der Waals surface area contributed by atoms with E-state index in [0.29, 0.717) is 42.1 Å². The van der Waals surface area contributed by atoms with Gasteiger partial charge in [0.25, 0.3) is 0 Å². The van der Waals surface area contributed by atoms with Crippen LogP contribution in [-0.2, 0) is 19.4 Å². The zero-order valence-corrected chi connectivity index (χ0v) is 40.7. The van der Waals surface area contributed by atoms with Crippen molar-refractivity contribution in [3.8, 4) is 28.3 Å². The van der Waals surface area contributed by atoms with Crippen LogP contribution in [0.3, 0.4) is 0 Å². The maximum absolute atomic E-state index is 13.1. The molecule has 0 fully saturated rings. The molecule has 0 saturated carbocycles. The van der Waals surface area contributed by atoms with Crippen molar-refractivity contribution in [3.63, 3.8) is 0 Å². The van der Waals surface area contributed by atoms with E-state index in [2.05, 4.69) is 33.4 Å². The molecule has 0 spiro atoms. The molecule has 9 rings (SSSR count). The summed E-state index contributed by atoms with van der Waals surface area (Å²) in [5.74, 6) is 0.994. The number of nitrogens with one attached hydrogen (secondary N) is 1. The zero-order chi connectivity index (χ0) is 49.1. The smallest absolute Gasteiger partial charge is 0.181 e. The van der Waals surface area contributed by atoms with E-state index in [1.807, 2.05) is 149 Å². The van der Waals surface area contributed by atoms with E-state index in [0.717, 1.165) is 100 Å². The highest BCUT2D eigenvalue weighted by Crippen LogP contribution is 2.31. The number of aryl methyl sites for hydroxylation is 6. The van der Waals surface area contributed by atoms with Gasteiger partial charge in [-0.05, 0) is 156 Å². The maximum atomic E-state index is 13.1. The Morgan fingerprint density at radius 3 is 1.58 bits per heavy atom. The fraction of sp³-hybridized carbons (Fsp3) is 0.241. The first-order valence-corrected chi connectivity index (χ1v) is 23.2. The van der Waals surface area contributed by atoms with Crippen molar-refractivity contribution in [1.82, 2.24) is 29.9 Å². The van der Waals surface area contributed by atoms with E-state index in [9.17, 15) is 19.8 Å². The number of benzene rings is 5. The number of ketones is 2. The van der Waals surface area contributed by atoms with Crippen molar-refractivity contribution in [2.24, 2.45) is 0 Å². The Kier molecular flexibility index (Phi) is 14.1. The summed E-state index contributed by atoms with van der Waals surface area (Å²) in [6.07, 6.45) is -0.699. The lowest BCUT2D eigenvalue weighted by atomic mass is 9.96. The Morgan fingerprint density at radius 2 is 1.09 bits per heavy atom. The van der Waals surface area contributed by atoms with Gasteiger partial charge in [0.2, 0.25) is 0 Å². The number of Topliss-reactive ketones (excluding diaryl/α,β-unsaturated/α-hetero) is 2. The minimum atomic E-state index is -0.724. The number of aromatic amines is 1. The first-order chi connectivity index (χ1) is 33.0. The summed E-state index contributed by atoms with van der Waals surface area (Å²) in [6.45, 7) is 16.0. The third-order valence-electron chi connectivity index (χ3n) is 12.3. The standard InChI is InChI=1S/C33H33N3O3.C25H25N3O2/c1-20-14-21(2)16-26(15-20)31(38)18-25-7-6-22(3)29(17-25)30-13-12-28-32(23(4)37)35-36(33(28)34-30)19-24-8-10-27(39-5)11-9-24;1-14-9-15(2)11-19(10-14)23(30)13-18-6-5-16(3)21(12-18)22-8-7-20-24(17(4)29)27-28-25(20)26-22/h6-17,23,37H,18-19H2,1-5H3;5-12,17,29H,13H2,1-4H3,(H,26,27,28). The van der Waals surface area contributed by atoms with Crippen LogP contribution in [0, 0.1) is 41.5 Å². The number of carbonyl (C=O) groups is 2. The number of nitrogens with zero attached hydrogens (tertiary/aromatic N) is 5. The molecule has 0 radical (unpaired) electrons. The fourth-order valence-electron chi connectivity index (χ4n) is 8.89. The quantitative estimate of drug-likeness (QED) is 0.0958. The van der Waals surface area contributed by atoms with E-state index in [1.165, 1.54) is 0 Å². The summed E-state index contributed by atoms with van der Waals surface area (Å²) >= 11 is 0. The van der Waals surface area contributed by atoms with Crippen LogP contribution < -0.4 is 4.74 Å². The van der Waals surface area contributed by atoms with Gasteiger partial charge in [0, 0.05) is 45.9 Å². The van der Waals surface area contributed by atoms with E-state index < -0.39 is 12.2 Å². The second kappa shape index (κ2) is 20.3. The molecule has 2 atom stereocenters. The summed E-state index contributed by atoms with van der Waals surface area (Å²) in [4.78, 5) is 35.6. The summed E-state index contributed by atoms with van der Waals surface area (Å²) in [5.41, 5.74) is 17.0. The fourth-order valence-corrected chi connectivity index (χ4v) is 8.89. The SMILES string of the molecule is COc1ccc(Cn2nc(C(C)O)c3ccc(-c4cc(CC(=O)c5cc(C)cc(C)c5)ccc4C)nc32)cc1.Cc1cc(C)cc(C(=O)Cc2ccc(C)c(-c3ccc4c(C(C)O)[nH]nc4n3)c2)c1. The Bertz CT molecular complexity index is 3320. The number of carbonyl (C=O) groups excluding carboxylic acids is 2. The lowest BCUT2D eigenvalue weighted by Gasteiger charge is -2.10. The summed E-state index contributed by atoms with van der Waals surface area (Å²) in [6, 6.07) is 39.7. The molecule has 0 aliphatic rings. The largest absolute Gasteiger partial charge is 0.497 e. The molecule has 0 saturated heterocycles. The van der Waals surface area contributed by atoms with E-state index in [1.54, 1.807) is 21.0 Å². The highest BCUT2D eigenvalue weighted by atomic mass is 16.5. The Hall–Kier alpha value is -7.60. The third-order valence-corrected chi connectivity index (χ3v) is 12.3. The van der Waals surface area contributed by atoms with Crippen LogP contribution in [0.4, 0.5) is 0 Å². The first kappa shape index (κ1) is 47.9. The van der Waals surface area contributed by atoms with Crippen LogP contribution in [0.2, 0.25) is 0 Å². The molecule has 0 aliphatic heterocycles. The number of ether oxygens (including phenoxy) is 1. The predicted octanol–water partition coefficient (Wildman–Crippen LogP) is 11.6. The monoisotopic (exact) mass is 918 g/mol. The van der Waals surface area contributed by atoms with Gasteiger partial charge in [-0.1, -0.05) is 70.8 Å². The van der Waals surface area contributed by atoms with Crippen molar-refractivity contribution in [2.45, 2.75) is 87.0 Å². The molecule has 5 aromatic carbocycles. The van der Waals surface area contributed by atoms with Crippen molar-refractivity contribution in [3.05, 3.63) is 194 Å². The van der Waals surface area contributed by atoms with E-state index in [4.69, 9.17) is 14.8 Å². The minimum Gasteiger partial charge on any atom is -0.497 e. The first-order valence-electron chi connectivity index (χ1n) is 23.2. The number of hydrogen-bond acceptors (Lipinski definition) is 9. The number of aliphatic hydroxyl groups is 2. The second-order valence-electron chi connectivity index (χ2n) is 18.3. The van der Waals surface area contributed by atoms with Crippen molar-refractivity contribution >= 4 is 33.6 Å². The average molecular weight is 919 g/mol. The number of pyridine rings is 2. The van der Waals surface area contributed by atoms with Crippen molar-refractivity contribution < 1.29 is 24.5 Å². The number of fused-ring (bicyclic) bond motifs is 2. The van der Waals surface area contributed by atoms with Crippen LogP contribution >= 0.6 is 0 Å². The lowest BCUT2D eigenvalue weighted by molar-refractivity contribution is 0.0984. The molecular formula is C58H58N6O5. The molecule has 9 aromatic rings. The van der Waals surface area contributed by atoms with Crippen molar-refractivity contribution in [1.29, 1.82) is 0 Å². The number of aliphatic hydroxyl groups excluding tert-OH is 2. The van der Waals surface area contributed by atoms with E-state index >= 15 is 0 Å². The van der Waals surface area contributed by atoms with Gasteiger partial charge in [-0.15, -0.1) is 0 Å². The predicted molar refractivity (Wildman–Crippen MR) is 273 cm³/mol. The molecule has 11 heteroatoms. The summed E-state index contributed by atoms with van der Waals surface area (Å²) in [5, 5.41) is 33.7. The Morgan fingerprint density at radius 1 is 0.594 bits per heavy atom. The topological polar surface area (TPSA) is 156 Å². The number of methoxy groups -OCH3 is 1. The maximum Gasteiger partial charge on any atom is 0.181 e. The molecule has 3 N–H and O–H groups in total. The van der Waals surface area contributed by atoms with Gasteiger partial charge >= 0.3 is 0 Å². The molecule has 69 heavy (non-hydrogen) atoms. The van der Waals surface area contributed by atoms with Gasteiger partial charge in [0.05, 0.1) is 42.9 Å². The molecule has 4 heterocycles. The number of H-pyrrole nitrogens is 1. The highest BCUT2D eigenvalue weighted by Gasteiger charge is 2.19. The van der Waals surface area contributed by atoms with Crippen LogP contribution in [0.1, 0.15) is 108 Å². The highest BCUT2D eigenvalue weighted by molar-refractivity contribution is 5.99. The van der Waals surface area contributed by atoms with Crippen molar-refractivity contribution in [2.75, 3.05) is 7.11 Å². The van der Waals surface area contributed by atoms with Crippen LogP contribution in [0.25, 0.3) is 44.6 Å². The number of aromatic nitrogens is 6. The van der Waals surface area contributed by atoms with Gasteiger partial charge in [-0.25, -0.2) is 14.6 Å². The van der Waals surface area contributed by atoms with Gasteiger partial charge in [0.1, 0.15) is 11.4 Å². The van der Waals surface area contributed by atoms with Gasteiger partial charge in [-0.2, -0.15) is 10.2 Å². The van der Waals surface area contributed by atoms with Gasteiger partial charge < -0.3 is 14.9 Å². The lowest BCUT2D eigenvalue weighted by Crippen LogP contribution is -2.05. The zero-order valence-electron chi connectivity index (χ0n) is 40.7. The normalized spacial score (nSPS) is 12.2. The Labute approximate surface area is 402 Å². The molecule has 0 aliphatic carbocycles. The van der Waals surface area contributed by atoms with Gasteiger partial charge in [0.15, 0.2) is 22.9 Å². The van der Waals surface area contributed by atoms with Crippen LogP contribution in [-0.4, -0.2) is 58.8 Å².